The summed E-state index contributed by atoms with van der Waals surface area (Å²) in [7, 11) is 0. The van der Waals surface area contributed by atoms with Crippen LogP contribution in [0.4, 0.5) is 0 Å². The number of alkyl halides is 1. The lowest BCUT2D eigenvalue weighted by atomic mass is 10.2. The molecule has 8 heavy (non-hydrogen) atoms. The third-order valence-electron chi connectivity index (χ3n) is 1.53. The predicted molar refractivity (Wildman–Crippen MR) is 34.3 cm³/mol. The van der Waals surface area contributed by atoms with Crippen molar-refractivity contribution in [1.29, 1.82) is 0 Å². The summed E-state index contributed by atoms with van der Waals surface area (Å²) >= 11 is 5.85. The maximum atomic E-state index is 5.85. The molecule has 0 spiro atoms. The van der Waals surface area contributed by atoms with Crippen LogP contribution in [0.2, 0.25) is 0 Å². The molecule has 0 aromatic rings. The summed E-state index contributed by atoms with van der Waals surface area (Å²) < 4.78 is 5.28. The lowest BCUT2D eigenvalue weighted by molar-refractivity contribution is 0.109. The molecule has 1 nitrogen and oxygen atoms in total. The van der Waals surface area contributed by atoms with Gasteiger partial charge in [0.25, 0.3) is 0 Å². The van der Waals surface area contributed by atoms with E-state index in [2.05, 4.69) is 6.92 Å². The van der Waals surface area contributed by atoms with Crippen LogP contribution in [0.1, 0.15) is 19.8 Å². The average molecular weight is 135 g/mol. The minimum Gasteiger partial charge on any atom is -0.377 e. The monoisotopic (exact) mass is 134 g/mol. The van der Waals surface area contributed by atoms with E-state index in [-0.39, 0.29) is 5.38 Å². The fourth-order valence-corrected chi connectivity index (χ4v) is 1.34. The largest absolute Gasteiger partial charge is 0.377 e. The molecule has 0 radical (unpaired) electrons. The second-order valence-corrected chi connectivity index (χ2v) is 2.68. The van der Waals surface area contributed by atoms with Gasteiger partial charge in [0, 0.05) is 6.61 Å². The molecule has 1 saturated heterocycles. The molecule has 0 amide bonds. The fourth-order valence-electron chi connectivity index (χ4n) is 0.996. The predicted octanol–water partition coefficient (Wildman–Crippen LogP) is 1.79. The lowest BCUT2D eigenvalue weighted by Gasteiger charge is -2.07. The molecule has 48 valence electrons. The highest BCUT2D eigenvalue weighted by Gasteiger charge is 2.23. The Morgan fingerprint density at radius 1 is 1.75 bits per heavy atom. The zero-order valence-corrected chi connectivity index (χ0v) is 5.82. The fraction of sp³-hybridized carbons (Fsp3) is 1.00. The number of hydrogen-bond donors (Lipinski definition) is 0. The van der Waals surface area contributed by atoms with Gasteiger partial charge in [0.1, 0.15) is 0 Å². The molecule has 2 heteroatoms. The highest BCUT2D eigenvalue weighted by molar-refractivity contribution is 6.21. The molecule has 1 aliphatic heterocycles. The second-order valence-electron chi connectivity index (χ2n) is 2.12. The Morgan fingerprint density at radius 3 is 2.75 bits per heavy atom. The quantitative estimate of drug-likeness (QED) is 0.497. The van der Waals surface area contributed by atoms with E-state index in [0.29, 0.717) is 6.10 Å². The van der Waals surface area contributed by atoms with Crippen molar-refractivity contribution in [1.82, 2.24) is 0 Å². The molecule has 0 saturated carbocycles. The molecule has 0 aliphatic carbocycles. The average Bonchev–Trinajstić information content (AvgIpc) is 2.14. The molecule has 0 unspecified atom stereocenters. The Kier molecular flexibility index (Phi) is 2.15. The Bertz CT molecular complexity index is 74.9. The molecule has 0 bridgehead atoms. The summed E-state index contributed by atoms with van der Waals surface area (Å²) in [6.07, 6.45) is 2.41. The van der Waals surface area contributed by atoms with Gasteiger partial charge in [0.15, 0.2) is 0 Å². The van der Waals surface area contributed by atoms with Crippen LogP contribution in [-0.2, 0) is 4.74 Å². The smallest absolute Gasteiger partial charge is 0.0736 e. The standard InChI is InChI=1S/C6H11ClO/c1-2-6-5(7)3-4-8-6/h5-6H,2-4H2,1H3/t5-,6-/m1/s1. The number of hydrogen-bond acceptors (Lipinski definition) is 1. The van der Waals surface area contributed by atoms with Crippen molar-refractivity contribution in [3.63, 3.8) is 0 Å². The first kappa shape index (κ1) is 6.37. The van der Waals surface area contributed by atoms with Crippen molar-refractivity contribution in [3.8, 4) is 0 Å². The van der Waals surface area contributed by atoms with Gasteiger partial charge in [-0.2, -0.15) is 0 Å². The van der Waals surface area contributed by atoms with Crippen molar-refractivity contribution in [2.24, 2.45) is 0 Å². The van der Waals surface area contributed by atoms with Crippen molar-refractivity contribution in [3.05, 3.63) is 0 Å². The summed E-state index contributed by atoms with van der Waals surface area (Å²) in [4.78, 5) is 0. The summed E-state index contributed by atoms with van der Waals surface area (Å²) in [6.45, 7) is 2.96. The van der Waals surface area contributed by atoms with E-state index >= 15 is 0 Å². The SMILES string of the molecule is CC[C@H]1OCC[C@H]1Cl. The lowest BCUT2D eigenvalue weighted by Crippen LogP contribution is -2.13. The first-order valence-electron chi connectivity index (χ1n) is 3.10. The van der Waals surface area contributed by atoms with E-state index in [1.807, 2.05) is 0 Å². The highest BCUT2D eigenvalue weighted by atomic mass is 35.5. The van der Waals surface area contributed by atoms with Crippen molar-refractivity contribution in [2.75, 3.05) is 6.61 Å². The van der Waals surface area contributed by atoms with Gasteiger partial charge in [-0.25, -0.2) is 0 Å². The molecular weight excluding hydrogens is 124 g/mol. The summed E-state index contributed by atoms with van der Waals surface area (Å²) in [6, 6.07) is 0. The van der Waals surface area contributed by atoms with Gasteiger partial charge < -0.3 is 4.74 Å². The van der Waals surface area contributed by atoms with Gasteiger partial charge >= 0.3 is 0 Å². The molecule has 1 fully saturated rings. The molecule has 0 aromatic heterocycles. The molecule has 1 heterocycles. The van der Waals surface area contributed by atoms with E-state index in [9.17, 15) is 0 Å². The van der Waals surface area contributed by atoms with Crippen molar-refractivity contribution >= 4 is 11.6 Å². The summed E-state index contributed by atoms with van der Waals surface area (Å²) in [5.41, 5.74) is 0. The third kappa shape index (κ3) is 1.15. The van der Waals surface area contributed by atoms with Gasteiger partial charge in [-0.05, 0) is 12.8 Å². The molecule has 0 N–H and O–H groups in total. The van der Waals surface area contributed by atoms with Gasteiger partial charge in [-0.3, -0.25) is 0 Å². The Balaban J connectivity index is 2.30. The van der Waals surface area contributed by atoms with Crippen LogP contribution < -0.4 is 0 Å². The number of ether oxygens (including phenoxy) is 1. The third-order valence-corrected chi connectivity index (χ3v) is 2.03. The van der Waals surface area contributed by atoms with E-state index in [1.54, 1.807) is 0 Å². The van der Waals surface area contributed by atoms with Gasteiger partial charge in [0.05, 0.1) is 11.5 Å². The van der Waals surface area contributed by atoms with Crippen LogP contribution in [0.25, 0.3) is 0 Å². The Hall–Kier alpha value is 0.250. The van der Waals surface area contributed by atoms with Crippen LogP contribution in [0.15, 0.2) is 0 Å². The molecule has 1 aliphatic rings. The van der Waals surface area contributed by atoms with Gasteiger partial charge in [-0.1, -0.05) is 6.92 Å². The minimum absolute atomic E-state index is 0.278. The maximum absolute atomic E-state index is 5.85. The van der Waals surface area contributed by atoms with Crippen molar-refractivity contribution < 1.29 is 4.74 Å². The van der Waals surface area contributed by atoms with Crippen LogP contribution in [0, 0.1) is 0 Å². The zero-order valence-electron chi connectivity index (χ0n) is 5.06. The first-order chi connectivity index (χ1) is 3.84. The van der Waals surface area contributed by atoms with Crippen LogP contribution in [-0.4, -0.2) is 18.1 Å². The van der Waals surface area contributed by atoms with E-state index in [1.165, 1.54) is 0 Å². The molecule has 0 aromatic carbocycles. The normalized spacial score (nSPS) is 38.2. The Morgan fingerprint density at radius 2 is 2.50 bits per heavy atom. The number of halogens is 1. The minimum atomic E-state index is 0.278. The first-order valence-corrected chi connectivity index (χ1v) is 3.54. The summed E-state index contributed by atoms with van der Waals surface area (Å²) in [5, 5.41) is 0.278. The Labute approximate surface area is 55.0 Å². The van der Waals surface area contributed by atoms with Crippen LogP contribution in [0.3, 0.4) is 0 Å². The van der Waals surface area contributed by atoms with Gasteiger partial charge in [0.2, 0.25) is 0 Å². The van der Waals surface area contributed by atoms with Crippen LogP contribution >= 0.6 is 11.6 Å². The summed E-state index contributed by atoms with van der Waals surface area (Å²) in [5.74, 6) is 0. The van der Waals surface area contributed by atoms with E-state index < -0.39 is 0 Å². The van der Waals surface area contributed by atoms with Crippen molar-refractivity contribution in [2.45, 2.75) is 31.2 Å². The molecule has 2 atom stereocenters. The zero-order chi connectivity index (χ0) is 5.98. The molecular formula is C6H11ClO. The number of rotatable bonds is 1. The molecule has 1 rings (SSSR count). The van der Waals surface area contributed by atoms with Gasteiger partial charge in [-0.15, -0.1) is 11.6 Å². The van der Waals surface area contributed by atoms with E-state index in [0.717, 1.165) is 19.4 Å². The second kappa shape index (κ2) is 2.70. The van der Waals surface area contributed by atoms with E-state index in [4.69, 9.17) is 16.3 Å². The topological polar surface area (TPSA) is 9.23 Å². The highest BCUT2D eigenvalue weighted by Crippen LogP contribution is 2.20. The van der Waals surface area contributed by atoms with Crippen LogP contribution in [0.5, 0.6) is 0 Å². The maximum Gasteiger partial charge on any atom is 0.0736 e.